The van der Waals surface area contributed by atoms with E-state index >= 15 is 0 Å². The van der Waals surface area contributed by atoms with Crippen LogP contribution < -0.4 is 0 Å². The molecule has 0 fully saturated rings. The minimum Gasteiger partial charge on any atom is -0.478 e. The zero-order chi connectivity index (χ0) is 14.6. The molecule has 0 aromatic rings. The Bertz CT molecular complexity index is 271. The van der Waals surface area contributed by atoms with Gasteiger partial charge in [-0.2, -0.15) is 0 Å². The number of allylic oxidation sites excluding steroid dienone is 2. The molecule has 4 nitrogen and oxygen atoms in total. The lowest BCUT2D eigenvalue weighted by atomic mass is 10.1. The number of rotatable bonds is 2. The lowest BCUT2D eigenvalue weighted by molar-refractivity contribution is -0.133. The predicted molar refractivity (Wildman–Crippen MR) is 72.5 cm³/mol. The SMILES string of the molecule is C1=CCCCC1.C=C(C)C(=O)O.C=C(C)C(=O)O. The van der Waals surface area contributed by atoms with Gasteiger partial charge in [0.05, 0.1) is 0 Å². The summed E-state index contributed by atoms with van der Waals surface area (Å²) in [6, 6.07) is 0. The molecule has 0 amide bonds. The van der Waals surface area contributed by atoms with E-state index in [4.69, 9.17) is 10.2 Å². The van der Waals surface area contributed by atoms with Crippen LogP contribution in [0.5, 0.6) is 0 Å². The van der Waals surface area contributed by atoms with E-state index in [9.17, 15) is 9.59 Å². The molecule has 0 bridgehead atoms. The molecule has 18 heavy (non-hydrogen) atoms. The molecule has 1 aliphatic rings. The van der Waals surface area contributed by atoms with Gasteiger partial charge < -0.3 is 10.2 Å². The third-order valence-electron chi connectivity index (χ3n) is 1.89. The number of aliphatic carboxylic acids is 2. The molecule has 4 heteroatoms. The molecule has 0 saturated carbocycles. The summed E-state index contributed by atoms with van der Waals surface area (Å²) < 4.78 is 0. The quantitative estimate of drug-likeness (QED) is 0.585. The van der Waals surface area contributed by atoms with E-state index < -0.39 is 11.9 Å². The van der Waals surface area contributed by atoms with E-state index in [0.29, 0.717) is 0 Å². The molecule has 0 heterocycles. The standard InChI is InChI=1S/C6H10.2C4H6O2/c1-2-4-6-5-3-1;2*1-3(2)4(5)6/h1-2H,3-6H2;2*1H2,2H3,(H,5,6). The van der Waals surface area contributed by atoms with E-state index in [1.807, 2.05) is 0 Å². The van der Waals surface area contributed by atoms with E-state index in [0.717, 1.165) is 0 Å². The third kappa shape index (κ3) is 16.6. The van der Waals surface area contributed by atoms with Crippen LogP contribution in [-0.4, -0.2) is 22.2 Å². The van der Waals surface area contributed by atoms with Gasteiger partial charge >= 0.3 is 11.9 Å². The first-order valence-corrected chi connectivity index (χ1v) is 5.71. The fourth-order valence-electron chi connectivity index (χ4n) is 0.760. The summed E-state index contributed by atoms with van der Waals surface area (Å²) in [5, 5.41) is 15.8. The van der Waals surface area contributed by atoms with Crippen molar-refractivity contribution >= 4 is 11.9 Å². The Morgan fingerprint density at radius 1 is 0.889 bits per heavy atom. The highest BCUT2D eigenvalue weighted by atomic mass is 16.4. The summed E-state index contributed by atoms with van der Waals surface area (Å²) >= 11 is 0. The molecule has 1 aliphatic carbocycles. The van der Waals surface area contributed by atoms with Gasteiger partial charge in [-0.1, -0.05) is 25.3 Å². The second-order valence-electron chi connectivity index (χ2n) is 3.93. The molecule has 0 aromatic heterocycles. The predicted octanol–water partition coefficient (Wildman–Crippen LogP) is 3.41. The average molecular weight is 254 g/mol. The Morgan fingerprint density at radius 3 is 1.17 bits per heavy atom. The Balaban J connectivity index is 0. The Labute approximate surface area is 108 Å². The Hall–Kier alpha value is -1.84. The maximum atomic E-state index is 9.60. The van der Waals surface area contributed by atoms with Crippen molar-refractivity contribution in [1.29, 1.82) is 0 Å². The van der Waals surface area contributed by atoms with Gasteiger partial charge in [0.2, 0.25) is 0 Å². The molecule has 102 valence electrons. The van der Waals surface area contributed by atoms with E-state index in [1.165, 1.54) is 39.5 Å². The molecular weight excluding hydrogens is 232 g/mol. The van der Waals surface area contributed by atoms with Crippen molar-refractivity contribution in [2.75, 3.05) is 0 Å². The molecule has 0 aliphatic heterocycles. The fraction of sp³-hybridized carbons (Fsp3) is 0.429. The maximum absolute atomic E-state index is 9.60. The topological polar surface area (TPSA) is 74.6 Å². The van der Waals surface area contributed by atoms with Gasteiger partial charge in [-0.05, 0) is 39.5 Å². The van der Waals surface area contributed by atoms with Crippen LogP contribution in [0.15, 0.2) is 36.5 Å². The van der Waals surface area contributed by atoms with Gasteiger partial charge in [0.15, 0.2) is 0 Å². The summed E-state index contributed by atoms with van der Waals surface area (Å²) in [6.45, 7) is 9.20. The van der Waals surface area contributed by atoms with Crippen LogP contribution in [-0.2, 0) is 9.59 Å². The molecule has 1 rings (SSSR count). The Morgan fingerprint density at radius 2 is 1.11 bits per heavy atom. The lowest BCUT2D eigenvalue weighted by Crippen LogP contribution is -1.92. The van der Waals surface area contributed by atoms with E-state index in [1.54, 1.807) is 0 Å². The van der Waals surface area contributed by atoms with Crippen LogP contribution in [0.1, 0.15) is 39.5 Å². The molecule has 0 radical (unpaired) electrons. The monoisotopic (exact) mass is 254 g/mol. The van der Waals surface area contributed by atoms with Crippen LogP contribution in [0.2, 0.25) is 0 Å². The van der Waals surface area contributed by atoms with Gasteiger partial charge in [0, 0.05) is 11.1 Å². The maximum Gasteiger partial charge on any atom is 0.330 e. The average Bonchev–Trinajstić information content (AvgIpc) is 2.32. The van der Waals surface area contributed by atoms with Gasteiger partial charge in [0.25, 0.3) is 0 Å². The molecule has 0 atom stereocenters. The van der Waals surface area contributed by atoms with Crippen molar-refractivity contribution in [3.63, 3.8) is 0 Å². The summed E-state index contributed by atoms with van der Waals surface area (Å²) in [5.74, 6) is -1.87. The molecule has 0 saturated heterocycles. The highest BCUT2D eigenvalue weighted by molar-refractivity contribution is 5.85. The number of hydrogen-bond acceptors (Lipinski definition) is 2. The Kier molecular flexibility index (Phi) is 12.0. The fourth-order valence-corrected chi connectivity index (χ4v) is 0.760. The van der Waals surface area contributed by atoms with E-state index in [-0.39, 0.29) is 11.1 Å². The van der Waals surface area contributed by atoms with Gasteiger partial charge in [-0.25, -0.2) is 9.59 Å². The number of carboxylic acid groups (broad SMARTS) is 2. The largest absolute Gasteiger partial charge is 0.478 e. The molecule has 0 aromatic carbocycles. The summed E-state index contributed by atoms with van der Waals surface area (Å²) in [4.78, 5) is 19.2. The second kappa shape index (κ2) is 11.6. The van der Waals surface area contributed by atoms with Crippen LogP contribution >= 0.6 is 0 Å². The van der Waals surface area contributed by atoms with Crippen LogP contribution in [0.25, 0.3) is 0 Å². The first-order chi connectivity index (χ1) is 8.29. The normalized spacial score (nSPS) is 12.1. The number of hydrogen-bond donors (Lipinski definition) is 2. The first kappa shape index (κ1) is 18.5. The minimum absolute atomic E-state index is 0.176. The first-order valence-electron chi connectivity index (χ1n) is 5.71. The summed E-state index contributed by atoms with van der Waals surface area (Å²) in [7, 11) is 0. The highest BCUT2D eigenvalue weighted by Gasteiger charge is 1.90. The van der Waals surface area contributed by atoms with Gasteiger partial charge in [-0.15, -0.1) is 0 Å². The smallest absolute Gasteiger partial charge is 0.330 e. The zero-order valence-corrected chi connectivity index (χ0v) is 11.1. The van der Waals surface area contributed by atoms with Crippen LogP contribution in [0.3, 0.4) is 0 Å². The zero-order valence-electron chi connectivity index (χ0n) is 11.1. The van der Waals surface area contributed by atoms with Crippen molar-refractivity contribution in [2.45, 2.75) is 39.5 Å². The van der Waals surface area contributed by atoms with Crippen LogP contribution in [0, 0.1) is 0 Å². The number of carboxylic acids is 2. The van der Waals surface area contributed by atoms with Crippen LogP contribution in [0.4, 0.5) is 0 Å². The summed E-state index contributed by atoms with van der Waals surface area (Å²) in [6.07, 6.45) is 10.0. The lowest BCUT2D eigenvalue weighted by Gasteiger charge is -1.97. The molecule has 2 N–H and O–H groups in total. The molecule has 0 unspecified atom stereocenters. The van der Waals surface area contributed by atoms with Crippen molar-refractivity contribution in [3.05, 3.63) is 36.5 Å². The van der Waals surface area contributed by atoms with Crippen molar-refractivity contribution in [3.8, 4) is 0 Å². The highest BCUT2D eigenvalue weighted by Crippen LogP contribution is 2.07. The minimum atomic E-state index is -0.935. The van der Waals surface area contributed by atoms with Crippen molar-refractivity contribution < 1.29 is 19.8 Å². The second-order valence-corrected chi connectivity index (χ2v) is 3.93. The number of carbonyl (C=O) groups is 2. The van der Waals surface area contributed by atoms with E-state index in [2.05, 4.69) is 25.3 Å². The summed E-state index contributed by atoms with van der Waals surface area (Å²) in [5.41, 5.74) is 0.352. The van der Waals surface area contributed by atoms with Crippen molar-refractivity contribution in [1.82, 2.24) is 0 Å². The molecule has 0 spiro atoms. The van der Waals surface area contributed by atoms with Crippen molar-refractivity contribution in [2.24, 2.45) is 0 Å². The molecular formula is C14H22O4. The third-order valence-corrected chi connectivity index (χ3v) is 1.89. The van der Waals surface area contributed by atoms with Gasteiger partial charge in [0.1, 0.15) is 0 Å². The van der Waals surface area contributed by atoms with Gasteiger partial charge in [-0.3, -0.25) is 0 Å².